The van der Waals surface area contributed by atoms with Crippen LogP contribution in [0.5, 0.6) is 0 Å². The van der Waals surface area contributed by atoms with Crippen LogP contribution in [0, 0.1) is 6.92 Å². The number of hydrogen-bond acceptors (Lipinski definition) is 2. The van der Waals surface area contributed by atoms with Crippen LogP contribution < -0.4 is 0 Å². The van der Waals surface area contributed by atoms with Gasteiger partial charge in [-0.3, -0.25) is 4.98 Å². The number of pyridine rings is 1. The lowest BCUT2D eigenvalue weighted by molar-refractivity contribution is 0.141. The molecule has 1 aromatic rings. The van der Waals surface area contributed by atoms with Gasteiger partial charge in [-0.2, -0.15) is 0 Å². The Hall–Kier alpha value is -0.890. The van der Waals surface area contributed by atoms with Crippen molar-refractivity contribution in [2.75, 3.05) is 13.2 Å². The first-order chi connectivity index (χ1) is 5.93. The third-order valence-corrected chi connectivity index (χ3v) is 1.55. The highest BCUT2D eigenvalue weighted by Crippen LogP contribution is 1.96. The van der Waals surface area contributed by atoms with E-state index in [0.717, 1.165) is 26.1 Å². The molecule has 0 bridgehead atoms. The van der Waals surface area contributed by atoms with E-state index in [1.54, 1.807) is 6.20 Å². The Morgan fingerprint density at radius 1 is 1.42 bits per heavy atom. The van der Waals surface area contributed by atoms with Crippen LogP contribution in [0.2, 0.25) is 0 Å². The Kier molecular flexibility index (Phi) is 4.39. The number of ether oxygens (including phenoxy) is 1. The Morgan fingerprint density at radius 2 is 2.33 bits per heavy atom. The summed E-state index contributed by atoms with van der Waals surface area (Å²) in [5.41, 5.74) is 1.22. The van der Waals surface area contributed by atoms with Gasteiger partial charge in [0, 0.05) is 19.0 Å². The summed E-state index contributed by atoms with van der Waals surface area (Å²) in [6, 6.07) is 4.00. The maximum absolute atomic E-state index is 5.30. The van der Waals surface area contributed by atoms with Crippen molar-refractivity contribution in [2.24, 2.45) is 0 Å². The van der Waals surface area contributed by atoms with Gasteiger partial charge in [0.05, 0.1) is 6.61 Å². The van der Waals surface area contributed by atoms with Crippen molar-refractivity contribution in [1.82, 2.24) is 4.98 Å². The summed E-state index contributed by atoms with van der Waals surface area (Å²) in [5, 5.41) is 0. The standard InChI is InChI=1S/C10H14NO/c1-2-7-12-8-5-10-4-3-6-11-9-10/h3-4,6,9H,1-2,5,7-8H2. The van der Waals surface area contributed by atoms with E-state index in [-0.39, 0.29) is 0 Å². The average molecular weight is 164 g/mol. The molecular formula is C10H14NO. The average Bonchev–Trinajstić information content (AvgIpc) is 2.14. The molecule has 1 radical (unpaired) electrons. The van der Waals surface area contributed by atoms with Crippen molar-refractivity contribution in [3.05, 3.63) is 37.0 Å². The molecule has 1 heterocycles. The molecular weight excluding hydrogens is 150 g/mol. The predicted molar refractivity (Wildman–Crippen MR) is 48.7 cm³/mol. The van der Waals surface area contributed by atoms with Gasteiger partial charge < -0.3 is 4.74 Å². The molecule has 1 aromatic heterocycles. The SMILES string of the molecule is [CH2]CCOCCc1cccnc1. The lowest BCUT2D eigenvalue weighted by atomic mass is 10.2. The maximum atomic E-state index is 5.30. The van der Waals surface area contributed by atoms with Gasteiger partial charge in [0.25, 0.3) is 0 Å². The molecule has 2 nitrogen and oxygen atoms in total. The summed E-state index contributed by atoms with van der Waals surface area (Å²) in [5.74, 6) is 0. The van der Waals surface area contributed by atoms with Crippen LogP contribution in [0.25, 0.3) is 0 Å². The molecule has 0 N–H and O–H groups in total. The summed E-state index contributed by atoms with van der Waals surface area (Å²) < 4.78 is 5.30. The fourth-order valence-electron chi connectivity index (χ4n) is 0.940. The summed E-state index contributed by atoms with van der Waals surface area (Å²) in [6.07, 6.45) is 5.43. The van der Waals surface area contributed by atoms with E-state index in [4.69, 9.17) is 4.74 Å². The lowest BCUT2D eigenvalue weighted by Crippen LogP contribution is -1.99. The van der Waals surface area contributed by atoms with Crippen LogP contribution in [-0.4, -0.2) is 18.2 Å². The summed E-state index contributed by atoms with van der Waals surface area (Å²) >= 11 is 0. The van der Waals surface area contributed by atoms with Gasteiger partial charge in [-0.05, 0) is 24.5 Å². The summed E-state index contributed by atoms with van der Waals surface area (Å²) in [4.78, 5) is 4.02. The van der Waals surface area contributed by atoms with Crippen molar-refractivity contribution in [2.45, 2.75) is 12.8 Å². The normalized spacial score (nSPS) is 10.1. The topological polar surface area (TPSA) is 22.1 Å². The van der Waals surface area contributed by atoms with Crippen LogP contribution in [0.1, 0.15) is 12.0 Å². The van der Waals surface area contributed by atoms with E-state index in [2.05, 4.69) is 18.0 Å². The van der Waals surface area contributed by atoms with E-state index in [1.165, 1.54) is 5.56 Å². The van der Waals surface area contributed by atoms with Crippen molar-refractivity contribution < 1.29 is 4.74 Å². The van der Waals surface area contributed by atoms with E-state index < -0.39 is 0 Å². The fourth-order valence-corrected chi connectivity index (χ4v) is 0.940. The molecule has 12 heavy (non-hydrogen) atoms. The minimum Gasteiger partial charge on any atom is -0.381 e. The quantitative estimate of drug-likeness (QED) is 0.620. The third kappa shape index (κ3) is 3.49. The second-order valence-corrected chi connectivity index (χ2v) is 2.58. The Bertz CT molecular complexity index is 198. The van der Waals surface area contributed by atoms with Crippen LogP contribution in [0.4, 0.5) is 0 Å². The first kappa shape index (κ1) is 9.20. The van der Waals surface area contributed by atoms with Crippen molar-refractivity contribution in [3.8, 4) is 0 Å². The summed E-state index contributed by atoms with van der Waals surface area (Å²) in [6.45, 7) is 5.21. The van der Waals surface area contributed by atoms with Gasteiger partial charge in [0.15, 0.2) is 0 Å². The molecule has 0 fully saturated rings. The number of aromatic nitrogens is 1. The summed E-state index contributed by atoms with van der Waals surface area (Å²) in [7, 11) is 0. The highest BCUT2D eigenvalue weighted by molar-refractivity contribution is 5.08. The predicted octanol–water partition coefficient (Wildman–Crippen LogP) is 1.86. The van der Waals surface area contributed by atoms with Crippen molar-refractivity contribution >= 4 is 0 Å². The molecule has 0 unspecified atom stereocenters. The molecule has 0 aliphatic carbocycles. The molecule has 0 atom stereocenters. The van der Waals surface area contributed by atoms with E-state index in [9.17, 15) is 0 Å². The molecule has 0 spiro atoms. The van der Waals surface area contributed by atoms with Crippen LogP contribution in [0.15, 0.2) is 24.5 Å². The first-order valence-corrected chi connectivity index (χ1v) is 4.19. The Morgan fingerprint density at radius 3 is 3.00 bits per heavy atom. The van der Waals surface area contributed by atoms with Crippen molar-refractivity contribution in [3.63, 3.8) is 0 Å². The maximum Gasteiger partial charge on any atom is 0.0507 e. The largest absolute Gasteiger partial charge is 0.381 e. The zero-order chi connectivity index (χ0) is 8.65. The Labute approximate surface area is 73.6 Å². The Balaban J connectivity index is 2.16. The van der Waals surface area contributed by atoms with E-state index in [1.807, 2.05) is 12.3 Å². The monoisotopic (exact) mass is 164 g/mol. The zero-order valence-corrected chi connectivity index (χ0v) is 7.20. The minimum atomic E-state index is 0.750. The number of hydrogen-bond donors (Lipinski definition) is 0. The number of nitrogens with zero attached hydrogens (tertiary/aromatic N) is 1. The van der Waals surface area contributed by atoms with E-state index >= 15 is 0 Å². The van der Waals surface area contributed by atoms with Gasteiger partial charge in [0.1, 0.15) is 0 Å². The number of rotatable bonds is 5. The van der Waals surface area contributed by atoms with Gasteiger partial charge >= 0.3 is 0 Å². The lowest BCUT2D eigenvalue weighted by Gasteiger charge is -2.01. The van der Waals surface area contributed by atoms with Gasteiger partial charge in [0.2, 0.25) is 0 Å². The molecule has 0 saturated heterocycles. The fraction of sp³-hybridized carbons (Fsp3) is 0.400. The highest BCUT2D eigenvalue weighted by Gasteiger charge is 1.90. The highest BCUT2D eigenvalue weighted by atomic mass is 16.5. The second-order valence-electron chi connectivity index (χ2n) is 2.58. The van der Waals surface area contributed by atoms with Gasteiger partial charge in [-0.1, -0.05) is 13.0 Å². The van der Waals surface area contributed by atoms with Crippen molar-refractivity contribution in [1.29, 1.82) is 0 Å². The molecule has 0 aliphatic rings. The van der Waals surface area contributed by atoms with E-state index in [0.29, 0.717) is 0 Å². The van der Waals surface area contributed by atoms with Gasteiger partial charge in [-0.25, -0.2) is 0 Å². The molecule has 65 valence electrons. The molecule has 0 saturated carbocycles. The minimum absolute atomic E-state index is 0.750. The van der Waals surface area contributed by atoms with Gasteiger partial charge in [-0.15, -0.1) is 0 Å². The van der Waals surface area contributed by atoms with Crippen LogP contribution >= 0.6 is 0 Å². The van der Waals surface area contributed by atoms with Crippen LogP contribution in [0.3, 0.4) is 0 Å². The zero-order valence-electron chi connectivity index (χ0n) is 7.20. The molecule has 0 aromatic carbocycles. The van der Waals surface area contributed by atoms with Crippen LogP contribution in [-0.2, 0) is 11.2 Å². The smallest absolute Gasteiger partial charge is 0.0507 e. The molecule has 0 aliphatic heterocycles. The molecule has 1 rings (SSSR count). The second kappa shape index (κ2) is 5.72. The third-order valence-electron chi connectivity index (χ3n) is 1.55. The molecule has 0 amide bonds. The molecule has 2 heteroatoms. The first-order valence-electron chi connectivity index (χ1n) is 4.19.